The van der Waals surface area contributed by atoms with Gasteiger partial charge in [0.1, 0.15) is 0 Å². The topological polar surface area (TPSA) is 17.8 Å². The molecule has 0 saturated heterocycles. The van der Waals surface area contributed by atoms with Crippen molar-refractivity contribution < 1.29 is 0 Å². The van der Waals surface area contributed by atoms with Gasteiger partial charge in [-0.25, -0.2) is 4.98 Å². The number of hydrogen-bond donors (Lipinski definition) is 0. The Morgan fingerprint density at radius 3 is 2.83 bits per heavy atom. The Morgan fingerprint density at radius 2 is 2.08 bits per heavy atom. The molecule has 1 aromatic heterocycles. The number of imidazole rings is 1. The fourth-order valence-corrected chi connectivity index (χ4v) is 5.48. The predicted octanol–water partition coefficient (Wildman–Crippen LogP) is 6.51. The lowest BCUT2D eigenvalue weighted by Crippen LogP contribution is -2.15. The van der Waals surface area contributed by atoms with Crippen LogP contribution < -0.4 is 0 Å². The van der Waals surface area contributed by atoms with Crippen molar-refractivity contribution in [2.24, 2.45) is 0 Å². The fourth-order valence-electron chi connectivity index (χ4n) is 2.48. The molecule has 1 heterocycles. The van der Waals surface area contributed by atoms with Crippen LogP contribution in [0, 0.1) is 0 Å². The minimum Gasteiger partial charge on any atom is -0.336 e. The van der Waals surface area contributed by atoms with E-state index in [0.717, 1.165) is 16.8 Å². The van der Waals surface area contributed by atoms with Crippen molar-refractivity contribution in [3.8, 4) is 0 Å². The molecule has 0 fully saturated rings. The van der Waals surface area contributed by atoms with Crippen molar-refractivity contribution in [3.63, 3.8) is 0 Å². The molecule has 2 nitrogen and oxygen atoms in total. The molecule has 0 saturated carbocycles. The van der Waals surface area contributed by atoms with Crippen molar-refractivity contribution in [2.75, 3.05) is 11.5 Å². The number of aromatic nitrogens is 2. The molecule has 0 bridgehead atoms. The molecule has 24 heavy (non-hydrogen) atoms. The summed E-state index contributed by atoms with van der Waals surface area (Å²) in [6.45, 7) is 3.32. The van der Waals surface area contributed by atoms with Gasteiger partial charge in [0.25, 0.3) is 0 Å². The number of hydrogen-bond acceptors (Lipinski definition) is 3. The molecule has 0 aliphatic heterocycles. The summed E-state index contributed by atoms with van der Waals surface area (Å²) in [7, 11) is 0. The van der Waals surface area contributed by atoms with E-state index < -0.39 is 0 Å². The summed E-state index contributed by atoms with van der Waals surface area (Å²) < 4.78 is 3.36. The van der Waals surface area contributed by atoms with E-state index in [1.807, 2.05) is 24.3 Å². The van der Waals surface area contributed by atoms with Crippen molar-refractivity contribution in [1.82, 2.24) is 9.55 Å². The molecule has 0 N–H and O–H groups in total. The van der Waals surface area contributed by atoms with Gasteiger partial charge in [0.2, 0.25) is 0 Å². The highest BCUT2D eigenvalue weighted by Crippen LogP contribution is 2.27. The number of benzene rings is 1. The van der Waals surface area contributed by atoms with Crippen LogP contribution in [0.2, 0.25) is 0 Å². The minimum atomic E-state index is 0.620. The second-order valence-corrected chi connectivity index (χ2v) is 9.35. The standard InChI is InChI=1S/C19H27BrN2S2/c1-2-3-4-5-6-12-23-19(14-22-11-10-21-16-22)15-24-18-9-7-8-17(20)13-18/h7-11,13,16,19H,2-6,12,14-15H2,1H3. The van der Waals surface area contributed by atoms with E-state index in [0.29, 0.717) is 5.25 Å². The van der Waals surface area contributed by atoms with Crippen molar-refractivity contribution >= 4 is 39.5 Å². The van der Waals surface area contributed by atoms with E-state index in [9.17, 15) is 0 Å². The van der Waals surface area contributed by atoms with E-state index in [2.05, 4.69) is 74.6 Å². The van der Waals surface area contributed by atoms with Gasteiger partial charge in [0.15, 0.2) is 0 Å². The fraction of sp³-hybridized carbons (Fsp3) is 0.526. The Hall–Kier alpha value is -0.390. The third kappa shape index (κ3) is 8.13. The molecule has 1 aromatic carbocycles. The molecule has 132 valence electrons. The van der Waals surface area contributed by atoms with E-state index >= 15 is 0 Å². The number of thioether (sulfide) groups is 2. The molecule has 0 aliphatic rings. The predicted molar refractivity (Wildman–Crippen MR) is 112 cm³/mol. The number of unbranched alkanes of at least 4 members (excludes halogenated alkanes) is 4. The lowest BCUT2D eigenvalue weighted by atomic mass is 10.2. The van der Waals surface area contributed by atoms with E-state index in [4.69, 9.17) is 0 Å². The summed E-state index contributed by atoms with van der Waals surface area (Å²) in [5.41, 5.74) is 0. The first kappa shape index (κ1) is 19.9. The van der Waals surface area contributed by atoms with Crippen LogP contribution in [-0.4, -0.2) is 26.3 Å². The number of rotatable bonds is 12. The normalized spacial score (nSPS) is 12.4. The largest absolute Gasteiger partial charge is 0.336 e. The maximum absolute atomic E-state index is 4.18. The zero-order valence-electron chi connectivity index (χ0n) is 14.4. The molecular weight excluding hydrogens is 400 g/mol. The first-order valence-electron chi connectivity index (χ1n) is 8.73. The zero-order valence-corrected chi connectivity index (χ0v) is 17.6. The van der Waals surface area contributed by atoms with E-state index in [1.165, 1.54) is 42.8 Å². The Balaban J connectivity index is 1.78. The van der Waals surface area contributed by atoms with Crippen LogP contribution in [0.4, 0.5) is 0 Å². The summed E-state index contributed by atoms with van der Waals surface area (Å²) in [6, 6.07) is 8.59. The molecule has 2 rings (SSSR count). The highest BCUT2D eigenvalue weighted by atomic mass is 79.9. The van der Waals surface area contributed by atoms with E-state index in [1.54, 1.807) is 0 Å². The Morgan fingerprint density at radius 1 is 1.21 bits per heavy atom. The van der Waals surface area contributed by atoms with Gasteiger partial charge in [0, 0.05) is 39.3 Å². The van der Waals surface area contributed by atoms with Gasteiger partial charge in [-0.05, 0) is 30.4 Å². The minimum absolute atomic E-state index is 0.620. The lowest BCUT2D eigenvalue weighted by Gasteiger charge is -2.17. The maximum Gasteiger partial charge on any atom is 0.0946 e. The summed E-state index contributed by atoms with van der Waals surface area (Å²) in [4.78, 5) is 5.51. The van der Waals surface area contributed by atoms with Crippen molar-refractivity contribution in [2.45, 2.75) is 55.7 Å². The van der Waals surface area contributed by atoms with Crippen LogP contribution in [0.5, 0.6) is 0 Å². The average molecular weight is 427 g/mol. The Labute approximate surface area is 163 Å². The van der Waals surface area contributed by atoms with Crippen LogP contribution in [0.15, 0.2) is 52.4 Å². The van der Waals surface area contributed by atoms with Crippen LogP contribution in [0.1, 0.15) is 39.0 Å². The van der Waals surface area contributed by atoms with Crippen LogP contribution in [-0.2, 0) is 6.54 Å². The molecule has 2 aromatic rings. The summed E-state index contributed by atoms with van der Waals surface area (Å²) in [6.07, 6.45) is 12.7. The molecule has 0 amide bonds. The first-order valence-corrected chi connectivity index (χ1v) is 11.6. The van der Waals surface area contributed by atoms with Gasteiger partial charge in [0.05, 0.1) is 6.33 Å². The van der Waals surface area contributed by atoms with Gasteiger partial charge >= 0.3 is 0 Å². The summed E-state index contributed by atoms with van der Waals surface area (Å²) in [5.74, 6) is 2.40. The van der Waals surface area contributed by atoms with Gasteiger partial charge in [-0.3, -0.25) is 0 Å². The monoisotopic (exact) mass is 426 g/mol. The molecule has 1 atom stereocenters. The second-order valence-electron chi connectivity index (χ2n) is 5.93. The molecule has 0 aliphatic carbocycles. The van der Waals surface area contributed by atoms with Gasteiger partial charge in [-0.1, -0.05) is 54.6 Å². The van der Waals surface area contributed by atoms with Crippen LogP contribution in [0.25, 0.3) is 0 Å². The summed E-state index contributed by atoms with van der Waals surface area (Å²) >= 11 is 7.63. The SMILES string of the molecule is CCCCCCCSC(CSc1cccc(Br)c1)Cn1ccnc1. The number of halogens is 1. The van der Waals surface area contributed by atoms with Crippen molar-refractivity contribution in [1.29, 1.82) is 0 Å². The van der Waals surface area contributed by atoms with Crippen molar-refractivity contribution in [3.05, 3.63) is 47.5 Å². The third-order valence-electron chi connectivity index (χ3n) is 3.81. The molecule has 1 unspecified atom stereocenters. The highest BCUT2D eigenvalue weighted by molar-refractivity contribution is 9.10. The molecule has 0 spiro atoms. The van der Waals surface area contributed by atoms with Gasteiger partial charge in [-0.15, -0.1) is 11.8 Å². The quantitative estimate of drug-likeness (QED) is 0.284. The van der Waals surface area contributed by atoms with Gasteiger partial charge in [-0.2, -0.15) is 11.8 Å². The Kier molecular flexibility index (Phi) is 10.00. The smallest absolute Gasteiger partial charge is 0.0946 e. The van der Waals surface area contributed by atoms with Crippen LogP contribution >= 0.6 is 39.5 Å². The zero-order chi connectivity index (χ0) is 17.0. The van der Waals surface area contributed by atoms with E-state index in [-0.39, 0.29) is 0 Å². The maximum atomic E-state index is 4.18. The second kappa shape index (κ2) is 12.0. The highest BCUT2D eigenvalue weighted by Gasteiger charge is 2.11. The van der Waals surface area contributed by atoms with Crippen LogP contribution in [0.3, 0.4) is 0 Å². The Bertz CT molecular complexity index is 560. The molecule has 0 radical (unpaired) electrons. The average Bonchev–Trinajstić information content (AvgIpc) is 3.08. The molecular formula is C19H27BrN2S2. The molecule has 5 heteroatoms. The number of nitrogens with zero attached hydrogens (tertiary/aromatic N) is 2. The third-order valence-corrected chi connectivity index (χ3v) is 6.98. The van der Waals surface area contributed by atoms with Gasteiger partial charge < -0.3 is 4.57 Å². The summed E-state index contributed by atoms with van der Waals surface area (Å²) in [5, 5.41) is 0.620. The first-order chi connectivity index (χ1) is 11.8. The lowest BCUT2D eigenvalue weighted by molar-refractivity contribution is 0.656.